The smallest absolute Gasteiger partial charge is 0.228 e. The summed E-state index contributed by atoms with van der Waals surface area (Å²) in [6, 6.07) is 9.34. The van der Waals surface area contributed by atoms with Crippen LogP contribution in [0, 0.1) is 11.7 Å². The largest absolute Gasteiger partial charge is 0.493 e. The van der Waals surface area contributed by atoms with Crippen LogP contribution in [-0.2, 0) is 11.2 Å². The van der Waals surface area contributed by atoms with Crippen molar-refractivity contribution in [3.63, 3.8) is 0 Å². The van der Waals surface area contributed by atoms with E-state index in [1.165, 1.54) is 19.8 Å². The van der Waals surface area contributed by atoms with Gasteiger partial charge in [-0.2, -0.15) is 4.98 Å². The molecule has 0 radical (unpaired) electrons. The average molecular weight is 481 g/mol. The van der Waals surface area contributed by atoms with Gasteiger partial charge in [0.1, 0.15) is 11.3 Å². The van der Waals surface area contributed by atoms with Crippen molar-refractivity contribution >= 4 is 28.6 Å². The van der Waals surface area contributed by atoms with Crippen molar-refractivity contribution in [3.8, 4) is 11.5 Å². The minimum absolute atomic E-state index is 0.0372. The van der Waals surface area contributed by atoms with Crippen LogP contribution in [0.5, 0.6) is 11.5 Å². The molecule has 0 bridgehead atoms. The molecule has 184 valence electrons. The van der Waals surface area contributed by atoms with Gasteiger partial charge in [0.15, 0.2) is 17.3 Å². The Morgan fingerprint density at radius 3 is 2.57 bits per heavy atom. The summed E-state index contributed by atoms with van der Waals surface area (Å²) in [5.41, 5.74) is 15.0. The minimum Gasteiger partial charge on any atom is -0.493 e. The number of carbonyl (C=O) groups is 1. The Bertz CT molecular complexity index is 1280. The summed E-state index contributed by atoms with van der Waals surface area (Å²) in [6.45, 7) is 2.01. The van der Waals surface area contributed by atoms with E-state index >= 15 is 4.39 Å². The van der Waals surface area contributed by atoms with Crippen LogP contribution in [0.25, 0.3) is 10.9 Å². The SMILES string of the molecule is COc1cc2c(N)nc(N3CCN(C(=O)[C@@H]4CCc5ccccc5[C@@H]4N)CC3)nc2c(F)c1OC. The van der Waals surface area contributed by atoms with Crippen molar-refractivity contribution in [1.82, 2.24) is 14.9 Å². The lowest BCUT2D eigenvalue weighted by Gasteiger charge is -2.39. The van der Waals surface area contributed by atoms with Crippen LogP contribution in [-0.4, -0.2) is 61.2 Å². The first-order valence-corrected chi connectivity index (χ1v) is 11.7. The van der Waals surface area contributed by atoms with Gasteiger partial charge in [-0.15, -0.1) is 0 Å². The first kappa shape index (κ1) is 23.1. The van der Waals surface area contributed by atoms with Gasteiger partial charge in [0.25, 0.3) is 0 Å². The number of piperazine rings is 1. The molecule has 1 saturated heterocycles. The Morgan fingerprint density at radius 2 is 1.86 bits per heavy atom. The maximum absolute atomic E-state index is 15.1. The molecule has 0 spiro atoms. The van der Waals surface area contributed by atoms with Crippen molar-refractivity contribution in [1.29, 1.82) is 0 Å². The van der Waals surface area contributed by atoms with Crippen molar-refractivity contribution in [2.45, 2.75) is 18.9 Å². The predicted octanol–water partition coefficient (Wildman–Crippen LogP) is 2.28. The average Bonchev–Trinajstić information content (AvgIpc) is 2.89. The number of ether oxygens (including phenoxy) is 2. The van der Waals surface area contributed by atoms with Gasteiger partial charge in [-0.1, -0.05) is 24.3 Å². The van der Waals surface area contributed by atoms with Crippen molar-refractivity contribution in [3.05, 3.63) is 47.3 Å². The monoisotopic (exact) mass is 480 g/mol. The maximum Gasteiger partial charge on any atom is 0.228 e. The maximum atomic E-state index is 15.1. The van der Waals surface area contributed by atoms with Crippen LogP contribution in [0.15, 0.2) is 30.3 Å². The molecule has 5 rings (SSSR count). The van der Waals surface area contributed by atoms with E-state index in [9.17, 15) is 4.79 Å². The number of hydrogen-bond acceptors (Lipinski definition) is 8. The number of benzene rings is 2. The van der Waals surface area contributed by atoms with Crippen LogP contribution < -0.4 is 25.8 Å². The fourth-order valence-corrected chi connectivity index (χ4v) is 5.11. The first-order chi connectivity index (χ1) is 16.9. The number of halogens is 1. The van der Waals surface area contributed by atoms with Crippen LogP contribution >= 0.6 is 0 Å². The summed E-state index contributed by atoms with van der Waals surface area (Å²) in [5, 5.41) is 0.351. The highest BCUT2D eigenvalue weighted by Gasteiger charge is 2.35. The second kappa shape index (κ2) is 9.18. The topological polar surface area (TPSA) is 120 Å². The normalized spacial score (nSPS) is 20.0. The standard InChI is InChI=1S/C25H29FN6O3/c1-34-18-13-17-21(19(26)22(18)35-2)29-25(30-23(17)28)32-11-9-31(10-12-32)24(33)16-8-7-14-5-3-4-6-15(14)20(16)27/h3-6,13,16,20H,7-12,27H2,1-2H3,(H2,28,29,30)/t16-,20+/m1/s1. The lowest BCUT2D eigenvalue weighted by Crippen LogP contribution is -2.52. The summed E-state index contributed by atoms with van der Waals surface area (Å²) in [4.78, 5) is 25.9. The number of aryl methyl sites for hydroxylation is 1. The number of nitrogen functional groups attached to an aromatic ring is 1. The number of aromatic nitrogens is 2. The molecule has 0 unspecified atom stereocenters. The fourth-order valence-electron chi connectivity index (χ4n) is 5.11. The van der Waals surface area contributed by atoms with Crippen molar-refractivity contribution < 1.29 is 18.7 Å². The third-order valence-electron chi connectivity index (χ3n) is 7.06. The third kappa shape index (κ3) is 3.97. The molecule has 1 aromatic heterocycles. The van der Waals surface area contributed by atoms with Crippen LogP contribution in [0.2, 0.25) is 0 Å². The highest BCUT2D eigenvalue weighted by atomic mass is 19.1. The number of nitrogens with zero attached hydrogens (tertiary/aromatic N) is 4. The van der Waals surface area contributed by atoms with Crippen LogP contribution in [0.3, 0.4) is 0 Å². The molecule has 2 atom stereocenters. The van der Waals surface area contributed by atoms with Gasteiger partial charge >= 0.3 is 0 Å². The van der Waals surface area contributed by atoms with Gasteiger partial charge < -0.3 is 30.7 Å². The van der Waals surface area contributed by atoms with Gasteiger partial charge in [-0.25, -0.2) is 9.37 Å². The third-order valence-corrected chi connectivity index (χ3v) is 7.06. The Morgan fingerprint density at radius 1 is 1.11 bits per heavy atom. The summed E-state index contributed by atoms with van der Waals surface area (Å²) >= 11 is 0. The van der Waals surface area contributed by atoms with E-state index < -0.39 is 5.82 Å². The molecular weight excluding hydrogens is 451 g/mol. The Labute approximate surface area is 202 Å². The molecular formula is C25H29FN6O3. The van der Waals surface area contributed by atoms with E-state index in [-0.39, 0.29) is 40.7 Å². The number of fused-ring (bicyclic) bond motifs is 2. The molecule has 2 heterocycles. The second-order valence-corrected chi connectivity index (χ2v) is 8.91. The van der Waals surface area contributed by atoms with Crippen LogP contribution in [0.1, 0.15) is 23.6 Å². The van der Waals surface area contributed by atoms with E-state index in [1.807, 2.05) is 28.0 Å². The van der Waals surface area contributed by atoms with Gasteiger partial charge in [0.2, 0.25) is 11.9 Å². The Balaban J connectivity index is 1.33. The van der Waals surface area contributed by atoms with Crippen molar-refractivity contribution in [2.75, 3.05) is 51.0 Å². The predicted molar refractivity (Wildman–Crippen MR) is 131 cm³/mol. The number of amides is 1. The number of carbonyl (C=O) groups excluding carboxylic acids is 1. The molecule has 1 aliphatic heterocycles. The number of rotatable bonds is 4. The van der Waals surface area contributed by atoms with E-state index in [2.05, 4.69) is 16.0 Å². The molecule has 10 heteroatoms. The second-order valence-electron chi connectivity index (χ2n) is 8.91. The minimum atomic E-state index is -0.655. The van der Waals surface area contributed by atoms with E-state index in [4.69, 9.17) is 20.9 Å². The molecule has 1 fully saturated rings. The molecule has 3 aromatic rings. The van der Waals surface area contributed by atoms with Gasteiger partial charge in [-0.05, 0) is 30.0 Å². The van der Waals surface area contributed by atoms with Crippen LogP contribution in [0.4, 0.5) is 16.2 Å². The zero-order valence-corrected chi connectivity index (χ0v) is 19.8. The summed E-state index contributed by atoms with van der Waals surface area (Å²) < 4.78 is 25.5. The zero-order chi connectivity index (χ0) is 24.7. The molecule has 9 nitrogen and oxygen atoms in total. The number of nitrogens with two attached hydrogens (primary N) is 2. The van der Waals surface area contributed by atoms with Gasteiger partial charge in [-0.3, -0.25) is 4.79 Å². The lowest BCUT2D eigenvalue weighted by atomic mass is 9.79. The van der Waals surface area contributed by atoms with E-state index in [0.29, 0.717) is 37.5 Å². The van der Waals surface area contributed by atoms with Gasteiger partial charge in [0.05, 0.1) is 20.1 Å². The van der Waals surface area contributed by atoms with E-state index in [1.54, 1.807) is 6.07 Å². The molecule has 4 N–H and O–H groups in total. The summed E-state index contributed by atoms with van der Waals surface area (Å²) in [6.07, 6.45) is 1.59. The number of hydrogen-bond donors (Lipinski definition) is 2. The molecule has 1 amide bonds. The highest BCUT2D eigenvalue weighted by Crippen LogP contribution is 2.38. The zero-order valence-electron chi connectivity index (χ0n) is 19.8. The quantitative estimate of drug-likeness (QED) is 0.584. The molecule has 2 aliphatic rings. The summed E-state index contributed by atoms with van der Waals surface area (Å²) in [5.74, 6) is -0.167. The first-order valence-electron chi connectivity index (χ1n) is 11.7. The molecule has 2 aromatic carbocycles. The highest BCUT2D eigenvalue weighted by molar-refractivity contribution is 5.92. The van der Waals surface area contributed by atoms with Crippen molar-refractivity contribution in [2.24, 2.45) is 11.7 Å². The fraction of sp³-hybridized carbons (Fsp3) is 0.400. The summed E-state index contributed by atoms with van der Waals surface area (Å²) in [7, 11) is 2.79. The van der Waals surface area contributed by atoms with E-state index in [0.717, 1.165) is 18.4 Å². The molecule has 35 heavy (non-hydrogen) atoms. The number of anilines is 2. The molecule has 0 saturated carbocycles. The number of methoxy groups -OCH3 is 2. The Hall–Kier alpha value is -3.66. The molecule has 1 aliphatic carbocycles. The lowest BCUT2D eigenvalue weighted by molar-refractivity contribution is -0.137. The Kier molecular flexibility index (Phi) is 6.06. The van der Waals surface area contributed by atoms with Gasteiger partial charge in [0, 0.05) is 37.6 Å².